The third-order valence-electron chi connectivity index (χ3n) is 3.28. The summed E-state index contributed by atoms with van der Waals surface area (Å²) < 4.78 is 7.70. The zero-order valence-electron chi connectivity index (χ0n) is 12.9. The largest absolute Gasteiger partial charge is 0.483 e. The molecule has 0 aliphatic heterocycles. The summed E-state index contributed by atoms with van der Waals surface area (Å²) in [7, 11) is 1.86. The molecule has 0 fully saturated rings. The zero-order chi connectivity index (χ0) is 16.2. The number of ketones is 1. The van der Waals surface area contributed by atoms with Gasteiger partial charge in [0.15, 0.2) is 11.0 Å². The summed E-state index contributed by atoms with van der Waals surface area (Å²) in [5, 5.41) is 9.95. The molecule has 23 heavy (non-hydrogen) atoms. The van der Waals surface area contributed by atoms with E-state index in [9.17, 15) is 4.79 Å². The first kappa shape index (κ1) is 15.5. The quantitative estimate of drug-likeness (QED) is 0.648. The molecule has 0 unspecified atom stereocenters. The number of hydrogen-bond donors (Lipinski definition) is 0. The molecule has 0 radical (unpaired) electrons. The first-order chi connectivity index (χ1) is 11.1. The Kier molecular flexibility index (Phi) is 4.57. The Morgan fingerprint density at radius 1 is 1.26 bits per heavy atom. The van der Waals surface area contributed by atoms with E-state index < -0.39 is 0 Å². The standard InChI is InChI=1S/C16H16N4O2S/c1-11(21)10-23-16-19-18-14(20(16)2)9-22-13-7-3-5-12-6-4-8-17-15(12)13/h3-8H,9-10H2,1-2H3. The van der Waals surface area contributed by atoms with E-state index in [0.717, 1.165) is 10.9 Å². The van der Waals surface area contributed by atoms with E-state index in [1.807, 2.05) is 41.9 Å². The summed E-state index contributed by atoms with van der Waals surface area (Å²) >= 11 is 1.37. The molecule has 0 atom stereocenters. The van der Waals surface area contributed by atoms with Crippen LogP contribution < -0.4 is 4.74 Å². The van der Waals surface area contributed by atoms with Gasteiger partial charge in [0.1, 0.15) is 23.7 Å². The Morgan fingerprint density at radius 3 is 2.91 bits per heavy atom. The molecule has 2 aromatic heterocycles. The van der Waals surface area contributed by atoms with E-state index in [4.69, 9.17) is 4.74 Å². The van der Waals surface area contributed by atoms with Crippen molar-refractivity contribution in [2.45, 2.75) is 18.7 Å². The Hall–Kier alpha value is -2.41. The predicted octanol–water partition coefficient (Wildman–Crippen LogP) is 2.62. The monoisotopic (exact) mass is 328 g/mol. The fraction of sp³-hybridized carbons (Fsp3) is 0.250. The third kappa shape index (κ3) is 3.50. The van der Waals surface area contributed by atoms with E-state index in [2.05, 4.69) is 15.2 Å². The average molecular weight is 328 g/mol. The van der Waals surface area contributed by atoms with Gasteiger partial charge in [-0.1, -0.05) is 30.0 Å². The second kappa shape index (κ2) is 6.78. The van der Waals surface area contributed by atoms with E-state index in [0.29, 0.717) is 29.1 Å². The molecule has 0 amide bonds. The van der Waals surface area contributed by atoms with Crippen LogP contribution in [0.15, 0.2) is 41.7 Å². The summed E-state index contributed by atoms with van der Waals surface area (Å²) in [5.41, 5.74) is 0.823. The Labute approximate surface area is 137 Å². The number of Topliss-reactive ketones (excluding diaryl/α,β-unsaturated/α-hetero) is 1. The van der Waals surface area contributed by atoms with Gasteiger partial charge >= 0.3 is 0 Å². The number of pyridine rings is 1. The van der Waals surface area contributed by atoms with Crippen molar-refractivity contribution in [3.05, 3.63) is 42.4 Å². The maximum atomic E-state index is 11.1. The fourth-order valence-corrected chi connectivity index (χ4v) is 2.83. The van der Waals surface area contributed by atoms with Crippen molar-refractivity contribution in [2.24, 2.45) is 7.05 Å². The van der Waals surface area contributed by atoms with Crippen LogP contribution >= 0.6 is 11.8 Å². The minimum absolute atomic E-state index is 0.109. The summed E-state index contributed by atoms with van der Waals surface area (Å²) in [4.78, 5) is 15.4. The summed E-state index contributed by atoms with van der Waals surface area (Å²) in [6.45, 7) is 1.85. The minimum atomic E-state index is 0.109. The van der Waals surface area contributed by atoms with Gasteiger partial charge < -0.3 is 9.30 Å². The lowest BCUT2D eigenvalue weighted by Crippen LogP contribution is -2.05. The maximum Gasteiger partial charge on any atom is 0.191 e. The summed E-state index contributed by atoms with van der Waals surface area (Å²) in [6, 6.07) is 9.70. The van der Waals surface area contributed by atoms with Crippen molar-refractivity contribution in [1.29, 1.82) is 0 Å². The van der Waals surface area contributed by atoms with Crippen molar-refractivity contribution in [2.75, 3.05) is 5.75 Å². The fourth-order valence-electron chi connectivity index (χ4n) is 2.10. The first-order valence-electron chi connectivity index (χ1n) is 7.12. The molecule has 2 heterocycles. The Balaban J connectivity index is 1.74. The van der Waals surface area contributed by atoms with Gasteiger partial charge in [-0.25, -0.2) is 0 Å². The van der Waals surface area contributed by atoms with Crippen molar-refractivity contribution in [1.82, 2.24) is 19.7 Å². The van der Waals surface area contributed by atoms with Crippen LogP contribution in [0.5, 0.6) is 5.75 Å². The Morgan fingerprint density at radius 2 is 2.09 bits per heavy atom. The van der Waals surface area contributed by atoms with Gasteiger partial charge in [-0.3, -0.25) is 9.78 Å². The molecule has 0 N–H and O–H groups in total. The Bertz CT molecular complexity index is 842. The summed E-state index contributed by atoms with van der Waals surface area (Å²) in [5.74, 6) is 1.91. The van der Waals surface area contributed by atoms with Crippen LogP contribution in [-0.4, -0.2) is 31.3 Å². The van der Waals surface area contributed by atoms with Gasteiger partial charge in [-0.05, 0) is 19.1 Å². The van der Waals surface area contributed by atoms with E-state index in [-0.39, 0.29) is 5.78 Å². The van der Waals surface area contributed by atoms with Gasteiger partial charge in [0.05, 0.1) is 5.75 Å². The molecule has 3 aromatic rings. The highest BCUT2D eigenvalue weighted by molar-refractivity contribution is 7.99. The van der Waals surface area contributed by atoms with Gasteiger partial charge in [0, 0.05) is 18.6 Å². The number of nitrogens with zero attached hydrogens (tertiary/aromatic N) is 4. The molecule has 118 valence electrons. The molecule has 3 rings (SSSR count). The van der Waals surface area contributed by atoms with Gasteiger partial charge in [-0.15, -0.1) is 10.2 Å². The number of thioether (sulfide) groups is 1. The van der Waals surface area contributed by atoms with Crippen LogP contribution in [-0.2, 0) is 18.4 Å². The SMILES string of the molecule is CC(=O)CSc1nnc(COc2cccc3cccnc23)n1C. The van der Waals surface area contributed by atoms with E-state index in [1.165, 1.54) is 11.8 Å². The molecule has 0 aliphatic rings. The minimum Gasteiger partial charge on any atom is -0.483 e. The third-order valence-corrected chi connectivity index (χ3v) is 4.45. The molecule has 7 heteroatoms. The zero-order valence-corrected chi connectivity index (χ0v) is 13.7. The molecule has 6 nitrogen and oxygen atoms in total. The van der Waals surface area contributed by atoms with Crippen molar-refractivity contribution >= 4 is 28.4 Å². The van der Waals surface area contributed by atoms with E-state index in [1.54, 1.807) is 13.1 Å². The first-order valence-corrected chi connectivity index (χ1v) is 8.11. The van der Waals surface area contributed by atoms with Gasteiger partial charge in [0.2, 0.25) is 0 Å². The van der Waals surface area contributed by atoms with Crippen LogP contribution in [0.2, 0.25) is 0 Å². The van der Waals surface area contributed by atoms with Crippen molar-refractivity contribution in [3.8, 4) is 5.75 Å². The highest BCUT2D eigenvalue weighted by Gasteiger charge is 2.11. The van der Waals surface area contributed by atoms with Gasteiger partial charge in [-0.2, -0.15) is 0 Å². The molecule has 0 bridgehead atoms. The topological polar surface area (TPSA) is 69.9 Å². The van der Waals surface area contributed by atoms with Crippen LogP contribution in [0, 0.1) is 0 Å². The number of rotatable bonds is 6. The molecule has 0 saturated carbocycles. The van der Waals surface area contributed by atoms with Crippen LogP contribution in [0.3, 0.4) is 0 Å². The van der Waals surface area contributed by atoms with Crippen LogP contribution in [0.1, 0.15) is 12.7 Å². The number of carbonyl (C=O) groups excluding carboxylic acids is 1. The van der Waals surface area contributed by atoms with Crippen LogP contribution in [0.4, 0.5) is 0 Å². The molecular formula is C16H16N4O2S. The second-order valence-corrected chi connectivity index (χ2v) is 6.01. The number of aromatic nitrogens is 4. The molecule has 0 saturated heterocycles. The number of carbonyl (C=O) groups is 1. The molecule has 0 aliphatic carbocycles. The maximum absolute atomic E-state index is 11.1. The lowest BCUT2D eigenvalue weighted by Gasteiger charge is -2.08. The van der Waals surface area contributed by atoms with Crippen LogP contribution in [0.25, 0.3) is 10.9 Å². The number of hydrogen-bond acceptors (Lipinski definition) is 6. The number of para-hydroxylation sites is 1. The number of fused-ring (bicyclic) bond motifs is 1. The van der Waals surface area contributed by atoms with Crippen molar-refractivity contribution < 1.29 is 9.53 Å². The number of benzene rings is 1. The lowest BCUT2D eigenvalue weighted by molar-refractivity contribution is -0.114. The van der Waals surface area contributed by atoms with Crippen molar-refractivity contribution in [3.63, 3.8) is 0 Å². The smallest absolute Gasteiger partial charge is 0.191 e. The predicted molar refractivity (Wildman–Crippen MR) is 88.5 cm³/mol. The second-order valence-electron chi connectivity index (χ2n) is 5.07. The average Bonchev–Trinajstić information content (AvgIpc) is 2.91. The highest BCUT2D eigenvalue weighted by atomic mass is 32.2. The molecule has 0 spiro atoms. The molecular weight excluding hydrogens is 312 g/mol. The van der Waals surface area contributed by atoms with E-state index >= 15 is 0 Å². The van der Waals surface area contributed by atoms with Gasteiger partial charge in [0.25, 0.3) is 0 Å². The highest BCUT2D eigenvalue weighted by Crippen LogP contribution is 2.24. The summed E-state index contributed by atoms with van der Waals surface area (Å²) in [6.07, 6.45) is 1.74. The normalized spacial score (nSPS) is 10.9. The molecule has 1 aromatic carbocycles. The number of ether oxygens (including phenoxy) is 1. The lowest BCUT2D eigenvalue weighted by atomic mass is 10.2.